The molecule has 302 valence electrons. The van der Waals surface area contributed by atoms with Crippen LogP contribution in [0.15, 0.2) is 243 Å². The lowest BCUT2D eigenvalue weighted by Crippen LogP contribution is -2.13. The zero-order valence-electron chi connectivity index (χ0n) is 35.4. The van der Waals surface area contributed by atoms with E-state index in [-0.39, 0.29) is 5.92 Å². The minimum atomic E-state index is 0.121. The van der Waals surface area contributed by atoms with E-state index in [1.54, 1.807) is 0 Å². The molecule has 0 aliphatic heterocycles. The summed E-state index contributed by atoms with van der Waals surface area (Å²) in [5.41, 5.74) is 17.1. The van der Waals surface area contributed by atoms with Gasteiger partial charge in [-0.3, -0.25) is 0 Å². The Morgan fingerprint density at radius 3 is 1.78 bits per heavy atom. The summed E-state index contributed by atoms with van der Waals surface area (Å²) in [5, 5.41) is 6.30. The zero-order valence-corrected chi connectivity index (χ0v) is 35.4. The Labute approximate surface area is 374 Å². The first-order valence-corrected chi connectivity index (χ1v) is 22.3. The lowest BCUT2D eigenvalue weighted by Gasteiger charge is -2.29. The van der Waals surface area contributed by atoms with Crippen molar-refractivity contribution < 1.29 is 0 Å². The van der Waals surface area contributed by atoms with Crippen LogP contribution < -0.4 is 4.90 Å². The number of fused-ring (bicyclic) bond motifs is 5. The molecule has 10 aromatic carbocycles. The molecule has 1 unspecified atom stereocenters. The van der Waals surface area contributed by atoms with E-state index in [0.29, 0.717) is 0 Å². The molecule has 1 aliphatic carbocycles. The van der Waals surface area contributed by atoms with Crippen LogP contribution in [0.25, 0.3) is 72.0 Å². The molecule has 1 atom stereocenters. The van der Waals surface area contributed by atoms with E-state index in [9.17, 15) is 0 Å². The first kappa shape index (κ1) is 37.6. The summed E-state index contributed by atoms with van der Waals surface area (Å²) in [6, 6.07) is 88.8. The fourth-order valence-electron chi connectivity index (χ4n) is 10.1. The fraction of sp³-hybridized carbons (Fsp3) is 0.0323. The van der Waals surface area contributed by atoms with E-state index < -0.39 is 0 Å². The number of allylic oxidation sites excluding steroid dienone is 1. The van der Waals surface area contributed by atoms with Crippen molar-refractivity contribution in [3.05, 3.63) is 265 Å². The molecular formula is C62H44N2. The maximum atomic E-state index is 2.46. The zero-order chi connectivity index (χ0) is 42.4. The lowest BCUT2D eigenvalue weighted by molar-refractivity contribution is 0.831. The highest BCUT2D eigenvalue weighted by atomic mass is 15.1. The Morgan fingerprint density at radius 2 is 1.00 bits per heavy atom. The second kappa shape index (κ2) is 15.9. The monoisotopic (exact) mass is 816 g/mol. The van der Waals surface area contributed by atoms with Crippen LogP contribution in [-0.4, -0.2) is 4.57 Å². The molecule has 0 radical (unpaired) electrons. The number of benzene rings is 10. The number of aromatic nitrogens is 1. The first-order valence-electron chi connectivity index (χ1n) is 22.3. The second-order valence-electron chi connectivity index (χ2n) is 16.9. The number of para-hydroxylation sites is 2. The summed E-state index contributed by atoms with van der Waals surface area (Å²) in [4.78, 5) is 2.42. The average Bonchev–Trinajstić information content (AvgIpc) is 3.71. The minimum Gasteiger partial charge on any atom is -0.310 e. The molecule has 1 heterocycles. The first-order chi connectivity index (χ1) is 31.7. The Hall–Kier alpha value is -8.20. The Bertz CT molecular complexity index is 3500. The molecule has 0 bridgehead atoms. The summed E-state index contributed by atoms with van der Waals surface area (Å²) >= 11 is 0. The quantitative estimate of drug-likeness (QED) is 0.148. The Kier molecular flexibility index (Phi) is 9.34. The van der Waals surface area contributed by atoms with Crippen LogP contribution >= 0.6 is 0 Å². The van der Waals surface area contributed by atoms with Gasteiger partial charge in [0.25, 0.3) is 0 Å². The van der Waals surface area contributed by atoms with Crippen LogP contribution in [-0.2, 0) is 0 Å². The number of hydrogen-bond donors (Lipinski definition) is 0. The largest absolute Gasteiger partial charge is 0.310 e. The Morgan fingerprint density at radius 1 is 0.391 bits per heavy atom. The summed E-state index contributed by atoms with van der Waals surface area (Å²) in [5.74, 6) is 0.121. The van der Waals surface area contributed by atoms with Gasteiger partial charge in [-0.2, -0.15) is 0 Å². The van der Waals surface area contributed by atoms with Crippen LogP contribution in [0, 0.1) is 0 Å². The highest BCUT2D eigenvalue weighted by Crippen LogP contribution is 2.48. The maximum absolute atomic E-state index is 2.46. The van der Waals surface area contributed by atoms with E-state index >= 15 is 0 Å². The number of nitrogens with zero attached hydrogens (tertiary/aromatic N) is 2. The predicted molar refractivity (Wildman–Crippen MR) is 271 cm³/mol. The molecule has 64 heavy (non-hydrogen) atoms. The van der Waals surface area contributed by atoms with Crippen LogP contribution in [0.3, 0.4) is 0 Å². The SMILES string of the molecule is C1=C(c2ccccc2)CC(c2cccc(N(c3ccc(-c4ccc5ccccc5c4)cc3)c3ccc(-c4cccc5ccccc45)cc3)c2)c2c1n(-c1ccccc1)c1ccccc21. The van der Waals surface area contributed by atoms with E-state index in [4.69, 9.17) is 0 Å². The smallest absolute Gasteiger partial charge is 0.0537 e. The second-order valence-corrected chi connectivity index (χ2v) is 16.9. The molecule has 11 aromatic rings. The highest BCUT2D eigenvalue weighted by Gasteiger charge is 2.31. The van der Waals surface area contributed by atoms with Crippen molar-refractivity contribution in [1.29, 1.82) is 0 Å². The van der Waals surface area contributed by atoms with Gasteiger partial charge in [0.2, 0.25) is 0 Å². The van der Waals surface area contributed by atoms with Gasteiger partial charge in [-0.15, -0.1) is 0 Å². The van der Waals surface area contributed by atoms with Crippen molar-refractivity contribution in [1.82, 2.24) is 4.57 Å². The third-order valence-corrected chi connectivity index (χ3v) is 13.2. The van der Waals surface area contributed by atoms with Gasteiger partial charge in [-0.05, 0) is 139 Å². The molecule has 2 heteroatoms. The Balaban J connectivity index is 1.00. The molecule has 0 amide bonds. The summed E-state index contributed by atoms with van der Waals surface area (Å²) in [6.07, 6.45) is 3.34. The fourth-order valence-corrected chi connectivity index (χ4v) is 10.1. The number of anilines is 3. The van der Waals surface area contributed by atoms with Crippen molar-refractivity contribution in [2.45, 2.75) is 12.3 Å². The third-order valence-electron chi connectivity index (χ3n) is 13.2. The highest BCUT2D eigenvalue weighted by molar-refractivity contribution is 5.98. The molecular weight excluding hydrogens is 773 g/mol. The van der Waals surface area contributed by atoms with E-state index in [2.05, 4.69) is 258 Å². The molecule has 1 aliphatic rings. The van der Waals surface area contributed by atoms with Gasteiger partial charge in [0.1, 0.15) is 0 Å². The van der Waals surface area contributed by atoms with Crippen molar-refractivity contribution in [3.63, 3.8) is 0 Å². The molecule has 0 N–H and O–H groups in total. The maximum Gasteiger partial charge on any atom is 0.0537 e. The predicted octanol–water partition coefficient (Wildman–Crippen LogP) is 16.8. The van der Waals surface area contributed by atoms with Gasteiger partial charge in [-0.25, -0.2) is 0 Å². The van der Waals surface area contributed by atoms with Crippen molar-refractivity contribution in [2.75, 3.05) is 4.90 Å². The topological polar surface area (TPSA) is 8.17 Å². The summed E-state index contributed by atoms with van der Waals surface area (Å²) < 4.78 is 2.46. The van der Waals surface area contributed by atoms with Crippen LogP contribution in [0.1, 0.15) is 34.7 Å². The molecule has 0 spiro atoms. The van der Waals surface area contributed by atoms with Crippen molar-refractivity contribution >= 4 is 61.2 Å². The van der Waals surface area contributed by atoms with E-state index in [1.807, 2.05) is 0 Å². The number of hydrogen-bond acceptors (Lipinski definition) is 1. The van der Waals surface area contributed by atoms with Gasteiger partial charge in [0, 0.05) is 34.1 Å². The third kappa shape index (κ3) is 6.68. The number of rotatable bonds is 8. The van der Waals surface area contributed by atoms with Crippen molar-refractivity contribution in [2.24, 2.45) is 0 Å². The average molecular weight is 817 g/mol. The van der Waals surface area contributed by atoms with Gasteiger partial charge in [0.15, 0.2) is 0 Å². The molecule has 0 saturated heterocycles. The summed E-state index contributed by atoms with van der Waals surface area (Å²) in [7, 11) is 0. The van der Waals surface area contributed by atoms with E-state index in [0.717, 1.165) is 23.5 Å². The molecule has 1 aromatic heterocycles. The minimum absolute atomic E-state index is 0.121. The van der Waals surface area contributed by atoms with Crippen LogP contribution in [0.4, 0.5) is 17.1 Å². The standard InChI is InChI=1S/C62H44N2/c1-3-15-43(16-4-1)51-41-59(62-58-26-11-12-28-60(58)64(61(62)42-51)52-22-5-2-6-23-52)50-21-13-24-55(40-50)63(53-35-31-45(32-36-53)49-30-29-44-17-7-8-19-48(44)39-49)54-37-33-47(34-38-54)57-27-14-20-46-18-9-10-25-56(46)57/h1-40,42,59H,41H2. The molecule has 2 nitrogen and oxygen atoms in total. The molecule has 0 fully saturated rings. The van der Waals surface area contributed by atoms with Crippen molar-refractivity contribution in [3.8, 4) is 27.9 Å². The van der Waals surface area contributed by atoms with Gasteiger partial charge in [-0.1, -0.05) is 182 Å². The molecule has 0 saturated carbocycles. The van der Waals surface area contributed by atoms with Crippen LogP contribution in [0.5, 0.6) is 0 Å². The normalized spacial score (nSPS) is 13.5. The van der Waals surface area contributed by atoms with Gasteiger partial charge < -0.3 is 9.47 Å². The summed E-state index contributed by atoms with van der Waals surface area (Å²) in [6.45, 7) is 0. The van der Waals surface area contributed by atoms with E-state index in [1.165, 1.54) is 88.3 Å². The van der Waals surface area contributed by atoms with Crippen LogP contribution in [0.2, 0.25) is 0 Å². The van der Waals surface area contributed by atoms with Gasteiger partial charge in [0.05, 0.1) is 11.2 Å². The molecule has 12 rings (SSSR count). The van der Waals surface area contributed by atoms with Gasteiger partial charge >= 0.3 is 0 Å². The lowest BCUT2D eigenvalue weighted by atomic mass is 9.78.